The summed E-state index contributed by atoms with van der Waals surface area (Å²) in [5.74, 6) is 2.22. The Labute approximate surface area is 146 Å². The zero-order chi connectivity index (χ0) is 17.2. The van der Waals surface area contributed by atoms with E-state index in [0.717, 1.165) is 54.2 Å². The molecule has 6 heteroatoms. The molecule has 1 aromatic heterocycles. The molecule has 2 heterocycles. The zero-order valence-electron chi connectivity index (χ0n) is 14.4. The van der Waals surface area contributed by atoms with E-state index in [0.29, 0.717) is 5.92 Å². The van der Waals surface area contributed by atoms with Crippen molar-refractivity contribution in [3.05, 3.63) is 47.5 Å². The Kier molecular flexibility index (Phi) is 4.28. The molecule has 1 aliphatic rings. The zero-order valence-corrected chi connectivity index (χ0v) is 14.4. The number of benzene rings is 2. The summed E-state index contributed by atoms with van der Waals surface area (Å²) in [5.41, 5.74) is 4.02. The van der Waals surface area contributed by atoms with Gasteiger partial charge in [0.15, 0.2) is 0 Å². The average Bonchev–Trinajstić information content (AvgIpc) is 3.31. The van der Waals surface area contributed by atoms with Gasteiger partial charge in [0.05, 0.1) is 14.2 Å². The molecular weight excluding hydrogens is 318 g/mol. The first kappa shape index (κ1) is 15.9. The van der Waals surface area contributed by atoms with Crippen molar-refractivity contribution in [3.63, 3.8) is 0 Å². The summed E-state index contributed by atoms with van der Waals surface area (Å²) in [6.07, 6.45) is 1.09. The predicted octanol–water partition coefficient (Wildman–Crippen LogP) is 3.23. The maximum Gasteiger partial charge on any atom is 0.139 e. The SMILES string of the molecule is COc1ccc(OC)c([C@H]2CCN(Cc3cccc4nonc34)C2)c1. The fourth-order valence-corrected chi connectivity index (χ4v) is 3.62. The van der Waals surface area contributed by atoms with Crippen LogP contribution in [-0.2, 0) is 6.54 Å². The van der Waals surface area contributed by atoms with Gasteiger partial charge in [-0.3, -0.25) is 4.90 Å². The Morgan fingerprint density at radius 1 is 1.16 bits per heavy atom. The molecule has 1 atom stereocenters. The highest BCUT2D eigenvalue weighted by atomic mass is 16.6. The molecule has 130 valence electrons. The van der Waals surface area contributed by atoms with Crippen LogP contribution in [0.3, 0.4) is 0 Å². The Morgan fingerprint density at radius 3 is 2.92 bits per heavy atom. The predicted molar refractivity (Wildman–Crippen MR) is 94.0 cm³/mol. The number of likely N-dealkylation sites (tertiary alicyclic amines) is 1. The third-order valence-electron chi connectivity index (χ3n) is 4.91. The summed E-state index contributed by atoms with van der Waals surface area (Å²) in [4.78, 5) is 2.44. The van der Waals surface area contributed by atoms with Gasteiger partial charge in [0.25, 0.3) is 0 Å². The van der Waals surface area contributed by atoms with Gasteiger partial charge in [0, 0.05) is 24.6 Å². The lowest BCUT2D eigenvalue weighted by molar-refractivity contribution is 0.312. The van der Waals surface area contributed by atoms with E-state index in [4.69, 9.17) is 14.1 Å². The van der Waals surface area contributed by atoms with Crippen molar-refractivity contribution in [2.24, 2.45) is 0 Å². The molecule has 1 saturated heterocycles. The van der Waals surface area contributed by atoms with E-state index in [9.17, 15) is 0 Å². The summed E-state index contributed by atoms with van der Waals surface area (Å²) in [6, 6.07) is 12.0. The van der Waals surface area contributed by atoms with Crippen molar-refractivity contribution >= 4 is 11.0 Å². The normalized spacial score (nSPS) is 17.9. The molecule has 3 aromatic rings. The minimum absolute atomic E-state index is 0.430. The number of aromatic nitrogens is 2. The maximum absolute atomic E-state index is 5.55. The molecule has 0 amide bonds. The molecule has 1 fully saturated rings. The lowest BCUT2D eigenvalue weighted by Crippen LogP contribution is -2.20. The van der Waals surface area contributed by atoms with Crippen LogP contribution in [0.1, 0.15) is 23.5 Å². The molecule has 0 N–H and O–H groups in total. The van der Waals surface area contributed by atoms with Crippen LogP contribution in [0, 0.1) is 0 Å². The van der Waals surface area contributed by atoms with Crippen molar-refractivity contribution in [1.29, 1.82) is 0 Å². The number of hydrogen-bond acceptors (Lipinski definition) is 6. The topological polar surface area (TPSA) is 60.6 Å². The highest BCUT2D eigenvalue weighted by Gasteiger charge is 2.27. The summed E-state index contributed by atoms with van der Waals surface area (Å²) >= 11 is 0. The van der Waals surface area contributed by atoms with Gasteiger partial charge in [-0.1, -0.05) is 12.1 Å². The molecule has 1 aliphatic heterocycles. The maximum atomic E-state index is 5.55. The molecule has 0 spiro atoms. The fourth-order valence-electron chi connectivity index (χ4n) is 3.62. The second-order valence-electron chi connectivity index (χ2n) is 6.38. The van der Waals surface area contributed by atoms with Crippen LogP contribution in [0.2, 0.25) is 0 Å². The van der Waals surface area contributed by atoms with E-state index in [-0.39, 0.29) is 0 Å². The standard InChI is InChI=1S/C19H21N3O3/c1-23-15-6-7-18(24-2)16(10-15)13-8-9-22(11-13)12-14-4-3-5-17-19(14)21-25-20-17/h3-7,10,13H,8-9,11-12H2,1-2H3/t13-/m0/s1. The third kappa shape index (κ3) is 3.05. The van der Waals surface area contributed by atoms with E-state index in [1.54, 1.807) is 14.2 Å². The van der Waals surface area contributed by atoms with Crippen molar-refractivity contribution in [3.8, 4) is 11.5 Å². The third-order valence-corrected chi connectivity index (χ3v) is 4.91. The van der Waals surface area contributed by atoms with E-state index in [2.05, 4.69) is 27.3 Å². The molecule has 0 aliphatic carbocycles. The Hall–Kier alpha value is -2.60. The van der Waals surface area contributed by atoms with Gasteiger partial charge in [-0.2, -0.15) is 0 Å². The van der Waals surface area contributed by atoms with E-state index in [1.165, 1.54) is 5.56 Å². The van der Waals surface area contributed by atoms with E-state index >= 15 is 0 Å². The molecule has 25 heavy (non-hydrogen) atoms. The molecule has 0 radical (unpaired) electrons. The molecule has 0 saturated carbocycles. The van der Waals surface area contributed by atoms with Gasteiger partial charge < -0.3 is 9.47 Å². The van der Waals surface area contributed by atoms with Crippen LogP contribution in [0.4, 0.5) is 0 Å². The molecule has 0 unspecified atom stereocenters. The second kappa shape index (κ2) is 6.72. The fraction of sp³-hybridized carbons (Fsp3) is 0.368. The van der Waals surface area contributed by atoms with Crippen molar-refractivity contribution in [2.75, 3.05) is 27.3 Å². The molecule has 4 rings (SSSR count). The van der Waals surface area contributed by atoms with Crippen LogP contribution in [0.5, 0.6) is 11.5 Å². The lowest BCUT2D eigenvalue weighted by Gasteiger charge is -2.18. The number of fused-ring (bicyclic) bond motifs is 1. The van der Waals surface area contributed by atoms with Gasteiger partial charge in [0.2, 0.25) is 0 Å². The quantitative estimate of drug-likeness (QED) is 0.711. The van der Waals surface area contributed by atoms with Crippen LogP contribution in [-0.4, -0.2) is 42.5 Å². The van der Waals surface area contributed by atoms with Gasteiger partial charge in [-0.25, -0.2) is 4.63 Å². The smallest absolute Gasteiger partial charge is 0.139 e. The van der Waals surface area contributed by atoms with Crippen molar-refractivity contribution < 1.29 is 14.1 Å². The summed E-state index contributed by atoms with van der Waals surface area (Å²) in [7, 11) is 3.41. The van der Waals surface area contributed by atoms with Crippen LogP contribution in [0.15, 0.2) is 41.0 Å². The summed E-state index contributed by atoms with van der Waals surface area (Å²) in [5, 5.41) is 7.96. The van der Waals surface area contributed by atoms with E-state index < -0.39 is 0 Å². The Bertz CT molecular complexity index is 877. The number of nitrogens with zero attached hydrogens (tertiary/aromatic N) is 3. The monoisotopic (exact) mass is 339 g/mol. The van der Waals surface area contributed by atoms with Gasteiger partial charge in [-0.15, -0.1) is 0 Å². The number of hydrogen-bond donors (Lipinski definition) is 0. The van der Waals surface area contributed by atoms with Crippen LogP contribution in [0.25, 0.3) is 11.0 Å². The largest absolute Gasteiger partial charge is 0.497 e. The highest BCUT2D eigenvalue weighted by Crippen LogP contribution is 2.36. The van der Waals surface area contributed by atoms with E-state index in [1.807, 2.05) is 24.3 Å². The summed E-state index contributed by atoms with van der Waals surface area (Å²) < 4.78 is 15.8. The first-order valence-corrected chi connectivity index (χ1v) is 8.43. The second-order valence-corrected chi connectivity index (χ2v) is 6.38. The lowest BCUT2D eigenvalue weighted by atomic mass is 9.97. The van der Waals surface area contributed by atoms with Gasteiger partial charge >= 0.3 is 0 Å². The van der Waals surface area contributed by atoms with Gasteiger partial charge in [-0.05, 0) is 53.1 Å². The minimum Gasteiger partial charge on any atom is -0.497 e. The molecule has 2 aromatic carbocycles. The average molecular weight is 339 g/mol. The molecule has 0 bridgehead atoms. The van der Waals surface area contributed by atoms with Crippen LogP contribution < -0.4 is 9.47 Å². The number of rotatable bonds is 5. The van der Waals surface area contributed by atoms with Crippen molar-refractivity contribution in [2.45, 2.75) is 18.9 Å². The summed E-state index contributed by atoms with van der Waals surface area (Å²) in [6.45, 7) is 2.85. The number of ether oxygens (including phenoxy) is 2. The minimum atomic E-state index is 0.430. The first-order valence-electron chi connectivity index (χ1n) is 8.43. The Morgan fingerprint density at radius 2 is 2.08 bits per heavy atom. The Balaban J connectivity index is 1.53. The van der Waals surface area contributed by atoms with Gasteiger partial charge in [0.1, 0.15) is 22.5 Å². The van der Waals surface area contributed by atoms with Crippen molar-refractivity contribution in [1.82, 2.24) is 15.2 Å². The van der Waals surface area contributed by atoms with Crippen LogP contribution >= 0.6 is 0 Å². The molecular formula is C19H21N3O3. The first-order chi connectivity index (χ1) is 12.3. The highest BCUT2D eigenvalue weighted by molar-refractivity contribution is 5.76. The molecule has 6 nitrogen and oxygen atoms in total. The number of methoxy groups -OCH3 is 2.